The van der Waals surface area contributed by atoms with Crippen molar-refractivity contribution in [1.29, 1.82) is 0 Å². The van der Waals surface area contributed by atoms with Crippen LogP contribution in [0.4, 0.5) is 0 Å². The van der Waals surface area contributed by atoms with Crippen LogP contribution in [-0.4, -0.2) is 21.1 Å². The summed E-state index contributed by atoms with van der Waals surface area (Å²) < 4.78 is 1.97. The molecule has 0 fully saturated rings. The van der Waals surface area contributed by atoms with Crippen LogP contribution in [0.25, 0.3) is 0 Å². The van der Waals surface area contributed by atoms with E-state index in [4.69, 9.17) is 0 Å². The molecule has 0 amide bonds. The third kappa shape index (κ3) is 3.64. The molecule has 0 aliphatic carbocycles. The Morgan fingerprint density at radius 2 is 1.95 bits per heavy atom. The fraction of sp³-hybridized carbons (Fsp3) is 0.438. The number of aromatic nitrogens is 2. The van der Waals surface area contributed by atoms with Gasteiger partial charge in [0, 0.05) is 23.6 Å². The van der Waals surface area contributed by atoms with Crippen LogP contribution in [0.5, 0.6) is 0 Å². The molecule has 0 saturated heterocycles. The van der Waals surface area contributed by atoms with Crippen molar-refractivity contribution in [2.75, 3.05) is 6.26 Å². The maximum Gasteiger partial charge on any atom is 0.0846 e. The second-order valence-electron chi connectivity index (χ2n) is 5.04. The van der Waals surface area contributed by atoms with Gasteiger partial charge in [0.15, 0.2) is 0 Å². The molecule has 2 unspecified atom stereocenters. The van der Waals surface area contributed by atoms with Gasteiger partial charge in [0.2, 0.25) is 0 Å². The fourth-order valence-corrected chi connectivity index (χ4v) is 2.47. The van der Waals surface area contributed by atoms with Crippen LogP contribution in [0.15, 0.2) is 41.4 Å². The van der Waals surface area contributed by atoms with Crippen molar-refractivity contribution in [3.8, 4) is 0 Å². The minimum Gasteiger partial charge on any atom is -0.388 e. The van der Waals surface area contributed by atoms with Gasteiger partial charge in [-0.25, -0.2) is 0 Å². The molecule has 1 aromatic heterocycles. The van der Waals surface area contributed by atoms with Crippen molar-refractivity contribution < 1.29 is 5.11 Å². The summed E-state index contributed by atoms with van der Waals surface area (Å²) in [5.74, 6) is 0. The van der Waals surface area contributed by atoms with Gasteiger partial charge in [0.1, 0.15) is 0 Å². The van der Waals surface area contributed by atoms with Gasteiger partial charge in [-0.1, -0.05) is 19.1 Å². The standard InChI is InChI=1S/C16H22N2OS/c1-4-12(2)18-10-9-14(17-18)11-16(19)13-5-7-15(20-3)8-6-13/h5-10,12,16,19H,4,11H2,1-3H3. The summed E-state index contributed by atoms with van der Waals surface area (Å²) in [5.41, 5.74) is 1.88. The van der Waals surface area contributed by atoms with Crippen LogP contribution in [0.2, 0.25) is 0 Å². The number of benzene rings is 1. The maximum absolute atomic E-state index is 10.3. The SMILES string of the molecule is CCC(C)n1ccc(CC(O)c2ccc(SC)cc2)n1. The molecular formula is C16H22N2OS. The molecule has 0 bridgehead atoms. The molecule has 2 atom stereocenters. The zero-order valence-corrected chi connectivity index (χ0v) is 13.1. The lowest BCUT2D eigenvalue weighted by molar-refractivity contribution is 0.176. The molecule has 0 spiro atoms. The predicted molar refractivity (Wildman–Crippen MR) is 84.1 cm³/mol. The van der Waals surface area contributed by atoms with Crippen molar-refractivity contribution in [3.63, 3.8) is 0 Å². The van der Waals surface area contributed by atoms with Gasteiger partial charge in [-0.05, 0) is 43.4 Å². The first-order chi connectivity index (χ1) is 9.63. The molecule has 4 heteroatoms. The number of nitrogens with zero attached hydrogens (tertiary/aromatic N) is 2. The highest BCUT2D eigenvalue weighted by Gasteiger charge is 2.12. The lowest BCUT2D eigenvalue weighted by atomic mass is 10.1. The second kappa shape index (κ2) is 6.95. The Labute approximate surface area is 125 Å². The Kier molecular flexibility index (Phi) is 5.26. The van der Waals surface area contributed by atoms with Gasteiger partial charge in [-0.15, -0.1) is 11.8 Å². The first-order valence-electron chi connectivity index (χ1n) is 7.00. The Morgan fingerprint density at radius 1 is 1.25 bits per heavy atom. The smallest absolute Gasteiger partial charge is 0.0846 e. The highest BCUT2D eigenvalue weighted by molar-refractivity contribution is 7.98. The molecule has 0 aliphatic rings. The summed E-state index contributed by atoms with van der Waals surface area (Å²) >= 11 is 1.70. The van der Waals surface area contributed by atoms with Gasteiger partial charge in [0.05, 0.1) is 11.8 Å². The van der Waals surface area contributed by atoms with E-state index >= 15 is 0 Å². The summed E-state index contributed by atoms with van der Waals surface area (Å²) in [7, 11) is 0. The van der Waals surface area contributed by atoms with E-state index in [2.05, 4.69) is 18.9 Å². The van der Waals surface area contributed by atoms with E-state index in [1.54, 1.807) is 11.8 Å². The largest absolute Gasteiger partial charge is 0.388 e. The first-order valence-corrected chi connectivity index (χ1v) is 8.22. The van der Waals surface area contributed by atoms with Crippen molar-refractivity contribution in [1.82, 2.24) is 9.78 Å². The third-order valence-corrected chi connectivity index (χ3v) is 4.35. The highest BCUT2D eigenvalue weighted by atomic mass is 32.2. The van der Waals surface area contributed by atoms with Gasteiger partial charge < -0.3 is 5.11 Å². The Morgan fingerprint density at radius 3 is 2.55 bits per heavy atom. The summed E-state index contributed by atoms with van der Waals surface area (Å²) in [5, 5.41) is 14.8. The third-order valence-electron chi connectivity index (χ3n) is 3.61. The fourth-order valence-electron chi connectivity index (χ4n) is 2.06. The topological polar surface area (TPSA) is 38.0 Å². The molecule has 0 saturated carbocycles. The van der Waals surface area contributed by atoms with E-state index in [0.29, 0.717) is 12.5 Å². The summed E-state index contributed by atoms with van der Waals surface area (Å²) in [6, 6.07) is 10.5. The van der Waals surface area contributed by atoms with Crippen molar-refractivity contribution >= 4 is 11.8 Å². The molecule has 2 rings (SSSR count). The molecule has 20 heavy (non-hydrogen) atoms. The Bertz CT molecular complexity index is 536. The summed E-state index contributed by atoms with van der Waals surface area (Å²) in [4.78, 5) is 1.21. The summed E-state index contributed by atoms with van der Waals surface area (Å²) in [6.07, 6.45) is 5.16. The lowest BCUT2D eigenvalue weighted by Gasteiger charge is -2.11. The van der Waals surface area contributed by atoms with Crippen LogP contribution in [-0.2, 0) is 6.42 Å². The number of aliphatic hydroxyl groups is 1. The molecule has 0 radical (unpaired) electrons. The number of rotatable bonds is 6. The highest BCUT2D eigenvalue weighted by Crippen LogP contribution is 2.21. The van der Waals surface area contributed by atoms with Gasteiger partial charge in [-0.3, -0.25) is 4.68 Å². The molecule has 1 heterocycles. The number of hydrogen-bond donors (Lipinski definition) is 1. The molecule has 3 nitrogen and oxygen atoms in total. The van der Waals surface area contributed by atoms with Crippen LogP contribution in [0, 0.1) is 0 Å². The van der Waals surface area contributed by atoms with Crippen LogP contribution in [0.1, 0.15) is 43.7 Å². The van der Waals surface area contributed by atoms with Gasteiger partial charge >= 0.3 is 0 Å². The average molecular weight is 290 g/mol. The number of aliphatic hydroxyl groups excluding tert-OH is 1. The molecule has 0 aliphatic heterocycles. The molecule has 108 valence electrons. The normalized spacial score (nSPS) is 14.2. The van der Waals surface area contributed by atoms with E-state index in [0.717, 1.165) is 17.7 Å². The monoisotopic (exact) mass is 290 g/mol. The molecule has 1 N–H and O–H groups in total. The molecule has 2 aromatic rings. The summed E-state index contributed by atoms with van der Waals surface area (Å²) in [6.45, 7) is 4.29. The van der Waals surface area contributed by atoms with Crippen LogP contribution >= 0.6 is 11.8 Å². The van der Waals surface area contributed by atoms with Crippen molar-refractivity contribution in [3.05, 3.63) is 47.8 Å². The Balaban J connectivity index is 2.03. The zero-order valence-electron chi connectivity index (χ0n) is 12.3. The second-order valence-corrected chi connectivity index (χ2v) is 5.92. The van der Waals surface area contributed by atoms with Crippen molar-refractivity contribution in [2.24, 2.45) is 0 Å². The maximum atomic E-state index is 10.3. The van der Waals surface area contributed by atoms with Crippen molar-refractivity contribution in [2.45, 2.75) is 43.7 Å². The van der Waals surface area contributed by atoms with Crippen LogP contribution < -0.4 is 0 Å². The minimum atomic E-state index is -0.494. The molecular weight excluding hydrogens is 268 g/mol. The first kappa shape index (κ1) is 15.1. The van der Waals surface area contributed by atoms with E-state index in [-0.39, 0.29) is 0 Å². The quantitative estimate of drug-likeness (QED) is 0.821. The van der Waals surface area contributed by atoms with Gasteiger partial charge in [-0.2, -0.15) is 5.10 Å². The minimum absolute atomic E-state index is 0.404. The van der Waals surface area contributed by atoms with Crippen LogP contribution in [0.3, 0.4) is 0 Å². The molecule has 1 aromatic carbocycles. The lowest BCUT2D eigenvalue weighted by Crippen LogP contribution is -2.07. The van der Waals surface area contributed by atoms with E-state index in [1.165, 1.54) is 4.90 Å². The Hall–Kier alpha value is -1.26. The van der Waals surface area contributed by atoms with E-state index in [9.17, 15) is 5.11 Å². The van der Waals surface area contributed by atoms with E-state index in [1.807, 2.05) is 47.5 Å². The van der Waals surface area contributed by atoms with E-state index < -0.39 is 6.10 Å². The zero-order chi connectivity index (χ0) is 14.5. The number of thioether (sulfide) groups is 1. The predicted octanol–water partition coefficient (Wildman–Crippen LogP) is 3.85. The van der Waals surface area contributed by atoms with Gasteiger partial charge in [0.25, 0.3) is 0 Å². The average Bonchev–Trinajstić information content (AvgIpc) is 2.95. The number of hydrogen-bond acceptors (Lipinski definition) is 3.